The van der Waals surface area contributed by atoms with E-state index in [-0.39, 0.29) is 0 Å². The topological polar surface area (TPSA) is 48.2 Å². The van der Waals surface area contributed by atoms with Crippen LogP contribution in [-0.4, -0.2) is 24.7 Å². The monoisotopic (exact) mass is 243 g/mol. The van der Waals surface area contributed by atoms with E-state index in [1.165, 1.54) is 0 Å². The fourth-order valence-corrected chi connectivity index (χ4v) is 1.87. The van der Waals surface area contributed by atoms with E-state index in [1.807, 2.05) is 30.3 Å². The number of hydrogen-bond donors (Lipinski definition) is 1. The molecule has 1 aromatic rings. The van der Waals surface area contributed by atoms with Crippen molar-refractivity contribution in [1.82, 2.24) is 5.32 Å². The second kappa shape index (κ2) is 6.23. The quantitative estimate of drug-likeness (QED) is 0.497. The number of carbonyl (C=O) groups is 1. The van der Waals surface area contributed by atoms with Crippen molar-refractivity contribution in [2.75, 3.05) is 6.61 Å². The minimum Gasteiger partial charge on any atom is -0.456 e. The second-order valence-corrected chi connectivity index (χ2v) is 4.33. The Kier molecular flexibility index (Phi) is 4.38. The Labute approximate surface area is 108 Å². The van der Waals surface area contributed by atoms with Gasteiger partial charge in [0.15, 0.2) is 0 Å². The van der Waals surface area contributed by atoms with E-state index in [2.05, 4.69) is 24.1 Å². The third kappa shape index (κ3) is 3.90. The first-order valence-corrected chi connectivity index (χ1v) is 6.29. The fourth-order valence-electron chi connectivity index (χ4n) is 1.87. The molecular formula is C15H17NO2. The zero-order chi connectivity index (χ0) is 12.8. The molecule has 94 valence electrons. The number of hydrogen-bond acceptors (Lipinski definition) is 3. The second-order valence-electron chi connectivity index (χ2n) is 4.33. The summed E-state index contributed by atoms with van der Waals surface area (Å²) in [6.07, 6.45) is 2.00. The number of nitrogens with one attached hydrogen (secondary N) is 1. The average Bonchev–Trinajstić information content (AvgIpc) is 3.16. The van der Waals surface area contributed by atoms with Crippen LogP contribution >= 0.6 is 0 Å². The predicted octanol–water partition coefficient (Wildman–Crippen LogP) is 1.72. The van der Waals surface area contributed by atoms with E-state index in [0.717, 1.165) is 18.4 Å². The molecule has 2 rings (SSSR count). The average molecular weight is 243 g/mol. The molecule has 0 radical (unpaired) electrons. The third-order valence-electron chi connectivity index (χ3n) is 2.99. The molecule has 1 heterocycles. The van der Waals surface area contributed by atoms with Crippen LogP contribution in [0.15, 0.2) is 30.3 Å². The highest BCUT2D eigenvalue weighted by Gasteiger charge is 2.33. The fraction of sp³-hybridized carbons (Fsp3) is 0.400. The smallest absolute Gasteiger partial charge is 0.384 e. The highest BCUT2D eigenvalue weighted by atomic mass is 16.5. The molecule has 18 heavy (non-hydrogen) atoms. The molecule has 0 bridgehead atoms. The van der Waals surface area contributed by atoms with Crippen LogP contribution in [0, 0.1) is 11.8 Å². The van der Waals surface area contributed by atoms with E-state index in [9.17, 15) is 4.79 Å². The van der Waals surface area contributed by atoms with Gasteiger partial charge in [-0.25, -0.2) is 4.79 Å². The van der Waals surface area contributed by atoms with Crippen LogP contribution < -0.4 is 5.32 Å². The van der Waals surface area contributed by atoms with Crippen molar-refractivity contribution in [2.45, 2.75) is 31.8 Å². The van der Waals surface area contributed by atoms with Crippen LogP contribution in [0.2, 0.25) is 0 Å². The summed E-state index contributed by atoms with van der Waals surface area (Å²) in [6.45, 7) is 2.59. The normalized spacial score (nSPS) is 20.7. The molecule has 0 amide bonds. The summed E-state index contributed by atoms with van der Waals surface area (Å²) in [5.41, 5.74) is 0.823. The number of benzene rings is 1. The maximum Gasteiger partial charge on any atom is 0.384 e. The largest absolute Gasteiger partial charge is 0.456 e. The molecule has 1 aromatic carbocycles. The molecule has 1 saturated heterocycles. The molecule has 1 aliphatic heterocycles. The summed E-state index contributed by atoms with van der Waals surface area (Å²) in [5.74, 6) is 4.81. The third-order valence-corrected chi connectivity index (χ3v) is 2.99. The molecule has 2 unspecified atom stereocenters. The van der Waals surface area contributed by atoms with Crippen LogP contribution in [0.5, 0.6) is 0 Å². The van der Waals surface area contributed by atoms with Gasteiger partial charge < -0.3 is 10.1 Å². The molecule has 0 saturated carbocycles. The lowest BCUT2D eigenvalue weighted by molar-refractivity contribution is -0.136. The Balaban J connectivity index is 1.68. The summed E-state index contributed by atoms with van der Waals surface area (Å²) >= 11 is 0. The van der Waals surface area contributed by atoms with Crippen molar-refractivity contribution in [1.29, 1.82) is 0 Å². The number of rotatable bonds is 4. The van der Waals surface area contributed by atoms with Crippen LogP contribution in [0.25, 0.3) is 0 Å². The summed E-state index contributed by atoms with van der Waals surface area (Å²) in [6, 6.07) is 10.5. The summed E-state index contributed by atoms with van der Waals surface area (Å²) in [4.78, 5) is 11.4. The highest BCUT2D eigenvalue weighted by Crippen LogP contribution is 2.17. The van der Waals surface area contributed by atoms with Crippen LogP contribution in [-0.2, 0) is 9.53 Å². The number of ether oxygens (including phenoxy) is 1. The zero-order valence-corrected chi connectivity index (χ0v) is 10.5. The molecule has 1 N–H and O–H groups in total. The SMILES string of the molecule is CCC1NC1CCOC(=O)C#Cc1ccccc1. The first-order valence-electron chi connectivity index (χ1n) is 6.29. The Morgan fingerprint density at radius 2 is 2.11 bits per heavy atom. The maximum atomic E-state index is 11.4. The predicted molar refractivity (Wildman–Crippen MR) is 69.9 cm³/mol. The molecule has 1 aliphatic rings. The van der Waals surface area contributed by atoms with Crippen LogP contribution in [0.4, 0.5) is 0 Å². The highest BCUT2D eigenvalue weighted by molar-refractivity contribution is 5.89. The Morgan fingerprint density at radius 1 is 1.33 bits per heavy atom. The van der Waals surface area contributed by atoms with Crippen molar-refractivity contribution < 1.29 is 9.53 Å². The van der Waals surface area contributed by atoms with Gasteiger partial charge in [-0.2, -0.15) is 0 Å². The first kappa shape index (κ1) is 12.7. The maximum absolute atomic E-state index is 11.4. The van der Waals surface area contributed by atoms with Gasteiger partial charge in [-0.15, -0.1) is 0 Å². The van der Waals surface area contributed by atoms with E-state index in [4.69, 9.17) is 4.74 Å². The van der Waals surface area contributed by atoms with Gasteiger partial charge in [-0.3, -0.25) is 0 Å². The van der Waals surface area contributed by atoms with Gasteiger partial charge in [0.05, 0.1) is 6.61 Å². The Bertz CT molecular complexity index is 458. The molecule has 0 spiro atoms. The molecular weight excluding hydrogens is 226 g/mol. The van der Waals surface area contributed by atoms with Crippen molar-refractivity contribution in [3.63, 3.8) is 0 Å². The van der Waals surface area contributed by atoms with Gasteiger partial charge >= 0.3 is 5.97 Å². The molecule has 1 fully saturated rings. The van der Waals surface area contributed by atoms with E-state index < -0.39 is 5.97 Å². The summed E-state index contributed by atoms with van der Waals surface area (Å²) in [5, 5.41) is 3.32. The lowest BCUT2D eigenvalue weighted by atomic mass is 10.2. The molecule has 2 atom stereocenters. The molecule has 3 nitrogen and oxygen atoms in total. The standard InChI is InChI=1S/C15H17NO2/c1-2-13-14(16-13)10-11-18-15(17)9-8-12-6-4-3-5-7-12/h3-7,13-14,16H,2,10-11H2,1H3. The van der Waals surface area contributed by atoms with Crippen molar-refractivity contribution in [3.05, 3.63) is 35.9 Å². The number of esters is 1. The van der Waals surface area contributed by atoms with Gasteiger partial charge in [0.25, 0.3) is 0 Å². The van der Waals surface area contributed by atoms with Gasteiger partial charge in [-0.05, 0) is 25.0 Å². The van der Waals surface area contributed by atoms with Gasteiger partial charge in [0.1, 0.15) is 0 Å². The first-order chi connectivity index (χ1) is 8.79. The van der Waals surface area contributed by atoms with Crippen molar-refractivity contribution >= 4 is 5.97 Å². The summed E-state index contributed by atoms with van der Waals surface area (Å²) < 4.78 is 5.05. The van der Waals surface area contributed by atoms with Crippen LogP contribution in [0.3, 0.4) is 0 Å². The Hall–Kier alpha value is -1.79. The van der Waals surface area contributed by atoms with Crippen LogP contribution in [0.1, 0.15) is 25.3 Å². The minimum atomic E-state index is -0.451. The van der Waals surface area contributed by atoms with E-state index in [1.54, 1.807) is 0 Å². The lowest BCUT2D eigenvalue weighted by Crippen LogP contribution is -2.06. The molecule has 0 aromatic heterocycles. The van der Waals surface area contributed by atoms with Crippen molar-refractivity contribution in [3.8, 4) is 11.8 Å². The van der Waals surface area contributed by atoms with E-state index in [0.29, 0.717) is 18.7 Å². The van der Waals surface area contributed by atoms with E-state index >= 15 is 0 Å². The minimum absolute atomic E-state index is 0.441. The van der Waals surface area contributed by atoms with Crippen molar-refractivity contribution in [2.24, 2.45) is 0 Å². The van der Waals surface area contributed by atoms with Gasteiger partial charge in [0, 0.05) is 23.6 Å². The Morgan fingerprint density at radius 3 is 2.78 bits per heavy atom. The lowest BCUT2D eigenvalue weighted by Gasteiger charge is -1.98. The zero-order valence-electron chi connectivity index (χ0n) is 10.5. The molecule has 3 heteroatoms. The van der Waals surface area contributed by atoms with Gasteiger partial charge in [0.2, 0.25) is 0 Å². The number of carbonyl (C=O) groups excluding carboxylic acids is 1. The van der Waals surface area contributed by atoms with Gasteiger partial charge in [-0.1, -0.05) is 31.0 Å². The summed E-state index contributed by atoms with van der Waals surface area (Å²) in [7, 11) is 0. The molecule has 0 aliphatic carbocycles.